The molecule has 2 aromatic carbocycles. The molecular formula is C15H11Cl2N5O. The predicted octanol–water partition coefficient (Wildman–Crippen LogP) is 4.67. The molecule has 0 aliphatic rings. The number of hydrogen-bond acceptors (Lipinski definition) is 4. The van der Waals surface area contributed by atoms with Crippen molar-refractivity contribution in [2.24, 2.45) is 10.2 Å². The molecule has 116 valence electrons. The van der Waals surface area contributed by atoms with Crippen LogP contribution in [0.15, 0.2) is 57.5 Å². The molecule has 0 atom stereocenters. The van der Waals surface area contributed by atoms with Crippen molar-refractivity contribution in [1.82, 2.24) is 10.2 Å². The van der Waals surface area contributed by atoms with Crippen LogP contribution in [0.3, 0.4) is 0 Å². The molecule has 0 radical (unpaired) electrons. The molecular weight excluding hydrogens is 337 g/mol. The molecule has 23 heavy (non-hydrogen) atoms. The molecule has 0 spiro atoms. The van der Waals surface area contributed by atoms with Gasteiger partial charge in [-0.2, -0.15) is 5.11 Å². The minimum absolute atomic E-state index is 0.145. The molecule has 3 rings (SSSR count). The third-order valence-electron chi connectivity index (χ3n) is 3.04. The van der Waals surface area contributed by atoms with Crippen LogP contribution in [-0.2, 0) is 0 Å². The third-order valence-corrected chi connectivity index (χ3v) is 3.48. The van der Waals surface area contributed by atoms with Gasteiger partial charge in [0.2, 0.25) is 0 Å². The molecule has 8 heteroatoms. The van der Waals surface area contributed by atoms with Crippen LogP contribution < -0.4 is 11.3 Å². The average Bonchev–Trinajstić information content (AvgIpc) is 2.85. The van der Waals surface area contributed by atoms with Gasteiger partial charge in [0, 0.05) is 21.3 Å². The summed E-state index contributed by atoms with van der Waals surface area (Å²) < 4.78 is 0. The first kappa shape index (κ1) is 15.3. The molecule has 0 saturated carbocycles. The lowest BCUT2D eigenvalue weighted by atomic mass is 10.1. The number of hydrogen-bond donors (Lipinski definition) is 3. The number of benzene rings is 2. The second kappa shape index (κ2) is 6.28. The zero-order valence-corrected chi connectivity index (χ0v) is 13.2. The lowest BCUT2D eigenvalue weighted by molar-refractivity contribution is 1.06. The lowest BCUT2D eigenvalue weighted by Crippen LogP contribution is -1.96. The Morgan fingerprint density at radius 3 is 2.39 bits per heavy atom. The number of nitrogens with zero attached hydrogens (tertiary/aromatic N) is 2. The van der Waals surface area contributed by atoms with E-state index in [-0.39, 0.29) is 11.2 Å². The number of H-pyrrole nitrogens is 2. The Bertz CT molecular complexity index is 925. The molecule has 3 aromatic rings. The summed E-state index contributed by atoms with van der Waals surface area (Å²) in [6.45, 7) is 0. The molecule has 0 bridgehead atoms. The number of nitrogens with one attached hydrogen (secondary N) is 2. The number of rotatable bonds is 3. The van der Waals surface area contributed by atoms with Gasteiger partial charge in [-0.15, -0.1) is 5.11 Å². The Labute approximate surface area is 140 Å². The number of aromatic amines is 2. The van der Waals surface area contributed by atoms with Crippen LogP contribution in [0.5, 0.6) is 0 Å². The summed E-state index contributed by atoms with van der Waals surface area (Å²) in [6.07, 6.45) is 0. The number of aromatic nitrogens is 2. The van der Waals surface area contributed by atoms with E-state index >= 15 is 0 Å². The van der Waals surface area contributed by atoms with Crippen LogP contribution in [0.25, 0.3) is 11.3 Å². The molecule has 1 heterocycles. The highest BCUT2D eigenvalue weighted by atomic mass is 35.5. The van der Waals surface area contributed by atoms with Gasteiger partial charge in [0.1, 0.15) is 0 Å². The predicted molar refractivity (Wildman–Crippen MR) is 91.9 cm³/mol. The van der Waals surface area contributed by atoms with Crippen LogP contribution in [0.1, 0.15) is 0 Å². The van der Waals surface area contributed by atoms with Crippen molar-refractivity contribution >= 4 is 40.3 Å². The highest BCUT2D eigenvalue weighted by Crippen LogP contribution is 2.29. The summed E-state index contributed by atoms with van der Waals surface area (Å²) in [7, 11) is 0. The van der Waals surface area contributed by atoms with Gasteiger partial charge < -0.3 is 5.73 Å². The first-order valence-electron chi connectivity index (χ1n) is 6.57. The molecule has 4 N–H and O–H groups in total. The zero-order chi connectivity index (χ0) is 16.4. The van der Waals surface area contributed by atoms with Gasteiger partial charge in [-0.1, -0.05) is 35.3 Å². The van der Waals surface area contributed by atoms with E-state index in [9.17, 15) is 4.79 Å². The topological polar surface area (TPSA) is 99.4 Å². The standard InChI is InChI=1S/C15H11Cl2N5O/c16-9-5-10(17)7-12(6-9)19-21-14-13(20-22-15(14)23)8-2-1-3-11(18)4-8/h1-7H,18H2,(H2,20,22,23). The monoisotopic (exact) mass is 347 g/mol. The molecule has 0 fully saturated rings. The summed E-state index contributed by atoms with van der Waals surface area (Å²) >= 11 is 11.8. The summed E-state index contributed by atoms with van der Waals surface area (Å²) in [6, 6.07) is 11.9. The van der Waals surface area contributed by atoms with E-state index in [4.69, 9.17) is 28.9 Å². The van der Waals surface area contributed by atoms with E-state index in [0.29, 0.717) is 27.1 Å². The Balaban J connectivity index is 2.02. The van der Waals surface area contributed by atoms with E-state index in [0.717, 1.165) is 5.56 Å². The van der Waals surface area contributed by atoms with Crippen LogP contribution in [0.4, 0.5) is 17.1 Å². The number of anilines is 1. The number of azo groups is 1. The van der Waals surface area contributed by atoms with Crippen molar-refractivity contribution in [2.45, 2.75) is 0 Å². The van der Waals surface area contributed by atoms with E-state index in [1.54, 1.807) is 36.4 Å². The van der Waals surface area contributed by atoms with Crippen molar-refractivity contribution < 1.29 is 0 Å². The molecule has 0 amide bonds. The highest BCUT2D eigenvalue weighted by molar-refractivity contribution is 6.35. The Morgan fingerprint density at radius 1 is 0.957 bits per heavy atom. The van der Waals surface area contributed by atoms with Crippen LogP contribution in [0.2, 0.25) is 10.0 Å². The van der Waals surface area contributed by atoms with E-state index in [1.165, 1.54) is 0 Å². The maximum Gasteiger partial charge on any atom is 0.292 e. The summed E-state index contributed by atoms with van der Waals surface area (Å²) in [5.74, 6) is 0. The molecule has 1 aromatic heterocycles. The van der Waals surface area contributed by atoms with Gasteiger partial charge in [0.15, 0.2) is 5.69 Å². The van der Waals surface area contributed by atoms with Gasteiger partial charge >= 0.3 is 0 Å². The maximum atomic E-state index is 11.9. The first-order valence-corrected chi connectivity index (χ1v) is 7.33. The second-order valence-corrected chi connectivity index (χ2v) is 5.63. The van der Waals surface area contributed by atoms with Gasteiger partial charge in [-0.25, -0.2) is 0 Å². The second-order valence-electron chi connectivity index (χ2n) is 4.76. The average molecular weight is 348 g/mol. The summed E-state index contributed by atoms with van der Waals surface area (Å²) in [5, 5.41) is 14.2. The largest absolute Gasteiger partial charge is 0.399 e. The van der Waals surface area contributed by atoms with Crippen molar-refractivity contribution in [3.63, 3.8) is 0 Å². The zero-order valence-electron chi connectivity index (χ0n) is 11.7. The fourth-order valence-electron chi connectivity index (χ4n) is 2.05. The smallest absolute Gasteiger partial charge is 0.292 e. The molecule has 6 nitrogen and oxygen atoms in total. The fraction of sp³-hybridized carbons (Fsp3) is 0. The minimum Gasteiger partial charge on any atom is -0.399 e. The number of halogens is 2. The SMILES string of the molecule is Nc1cccc(-c2[nH][nH]c(=O)c2N=Nc2cc(Cl)cc(Cl)c2)c1. The van der Waals surface area contributed by atoms with Crippen molar-refractivity contribution in [1.29, 1.82) is 0 Å². The highest BCUT2D eigenvalue weighted by Gasteiger charge is 2.11. The van der Waals surface area contributed by atoms with Crippen molar-refractivity contribution in [3.8, 4) is 11.3 Å². The quantitative estimate of drug-likeness (QED) is 0.473. The van der Waals surface area contributed by atoms with Gasteiger partial charge in [0.25, 0.3) is 5.56 Å². The normalized spacial score (nSPS) is 11.2. The van der Waals surface area contributed by atoms with Gasteiger partial charge in [0.05, 0.1) is 11.4 Å². The maximum absolute atomic E-state index is 11.9. The van der Waals surface area contributed by atoms with Crippen molar-refractivity contribution in [2.75, 3.05) is 5.73 Å². The Kier molecular flexibility index (Phi) is 4.18. The van der Waals surface area contributed by atoms with Gasteiger partial charge in [-0.3, -0.25) is 15.0 Å². The van der Waals surface area contributed by atoms with E-state index < -0.39 is 0 Å². The van der Waals surface area contributed by atoms with E-state index in [2.05, 4.69) is 20.4 Å². The van der Waals surface area contributed by atoms with Crippen LogP contribution in [0, 0.1) is 0 Å². The Morgan fingerprint density at radius 2 is 1.70 bits per heavy atom. The van der Waals surface area contributed by atoms with Crippen LogP contribution >= 0.6 is 23.2 Å². The minimum atomic E-state index is -0.390. The Hall–Kier alpha value is -2.57. The number of nitrogens with two attached hydrogens (primary N) is 1. The third kappa shape index (κ3) is 3.44. The molecule has 0 unspecified atom stereocenters. The van der Waals surface area contributed by atoms with Crippen LogP contribution in [-0.4, -0.2) is 10.2 Å². The first-order chi connectivity index (χ1) is 11.0. The lowest BCUT2D eigenvalue weighted by Gasteiger charge is -2.00. The summed E-state index contributed by atoms with van der Waals surface area (Å²) in [5.41, 5.74) is 7.77. The molecule has 0 aliphatic carbocycles. The number of nitrogen functional groups attached to an aromatic ring is 1. The molecule has 0 aliphatic heterocycles. The van der Waals surface area contributed by atoms with E-state index in [1.807, 2.05) is 6.07 Å². The fourth-order valence-corrected chi connectivity index (χ4v) is 2.57. The van der Waals surface area contributed by atoms with Gasteiger partial charge in [-0.05, 0) is 30.3 Å². The summed E-state index contributed by atoms with van der Waals surface area (Å²) in [4.78, 5) is 11.9. The molecule has 0 saturated heterocycles. The van der Waals surface area contributed by atoms with Crippen molar-refractivity contribution in [3.05, 3.63) is 62.9 Å².